The van der Waals surface area contributed by atoms with Gasteiger partial charge in [-0.2, -0.15) is 4.39 Å². The van der Waals surface area contributed by atoms with Gasteiger partial charge in [0.25, 0.3) is 0 Å². The molecule has 0 aromatic heterocycles. The normalized spacial score (nSPS) is 8.88. The number of ether oxygens (including phenoxy) is 1. The van der Waals surface area contributed by atoms with Crippen LogP contribution in [-0.4, -0.2) is 13.7 Å². The highest BCUT2D eigenvalue weighted by molar-refractivity contribution is 5.41. The molecule has 1 aromatic carbocycles. The number of methoxy groups -OCH3 is 1. The fourth-order valence-electron chi connectivity index (χ4n) is 1.10. The molecule has 1 rings (SSSR count). The third-order valence-corrected chi connectivity index (χ3v) is 1.85. The van der Waals surface area contributed by atoms with Crippen molar-refractivity contribution in [2.75, 3.05) is 13.7 Å². The van der Waals surface area contributed by atoms with E-state index in [0.29, 0.717) is 12.0 Å². The Hall–Kier alpha value is -2.25. The van der Waals surface area contributed by atoms with E-state index in [9.17, 15) is 8.78 Å². The van der Waals surface area contributed by atoms with E-state index in [1.807, 2.05) is 0 Å². The molecule has 0 aliphatic rings. The SMILES string of the molecule is COc1cc(C#CCCN=[N+]=[N-])cc(F)c1F. The van der Waals surface area contributed by atoms with Crippen molar-refractivity contribution < 1.29 is 13.5 Å². The zero-order valence-corrected chi connectivity index (χ0v) is 9.07. The van der Waals surface area contributed by atoms with Crippen LogP contribution in [0.4, 0.5) is 8.78 Å². The van der Waals surface area contributed by atoms with Gasteiger partial charge in [0.2, 0.25) is 5.82 Å². The molecule has 0 heterocycles. The Balaban J connectivity index is 2.84. The minimum absolute atomic E-state index is 0.190. The van der Waals surface area contributed by atoms with Gasteiger partial charge < -0.3 is 4.74 Å². The lowest BCUT2D eigenvalue weighted by molar-refractivity contribution is 0.371. The van der Waals surface area contributed by atoms with Crippen LogP contribution in [-0.2, 0) is 0 Å². The van der Waals surface area contributed by atoms with Crippen LogP contribution < -0.4 is 4.74 Å². The van der Waals surface area contributed by atoms with Crippen molar-refractivity contribution in [2.24, 2.45) is 5.11 Å². The van der Waals surface area contributed by atoms with Crippen LogP contribution in [0.5, 0.6) is 5.75 Å². The second-order valence-electron chi connectivity index (χ2n) is 2.98. The molecule has 0 aliphatic carbocycles. The zero-order valence-electron chi connectivity index (χ0n) is 9.07. The van der Waals surface area contributed by atoms with Crippen molar-refractivity contribution in [1.29, 1.82) is 0 Å². The van der Waals surface area contributed by atoms with Crippen molar-refractivity contribution in [3.05, 3.63) is 39.8 Å². The Morgan fingerprint density at radius 2 is 2.24 bits per heavy atom. The van der Waals surface area contributed by atoms with Crippen molar-refractivity contribution >= 4 is 0 Å². The minimum Gasteiger partial charge on any atom is -0.494 e. The maximum atomic E-state index is 13.1. The van der Waals surface area contributed by atoms with Crippen LogP contribution in [0.15, 0.2) is 17.2 Å². The van der Waals surface area contributed by atoms with Crippen LogP contribution in [0, 0.1) is 23.5 Å². The molecule has 0 spiro atoms. The van der Waals surface area contributed by atoms with Crippen LogP contribution in [0.1, 0.15) is 12.0 Å². The van der Waals surface area contributed by atoms with Gasteiger partial charge >= 0.3 is 0 Å². The zero-order chi connectivity index (χ0) is 12.7. The smallest absolute Gasteiger partial charge is 0.200 e. The predicted molar refractivity (Wildman–Crippen MR) is 58.4 cm³/mol. The molecule has 0 radical (unpaired) electrons. The molecule has 0 atom stereocenters. The van der Waals surface area contributed by atoms with Crippen LogP contribution in [0.2, 0.25) is 0 Å². The maximum Gasteiger partial charge on any atom is 0.200 e. The first kappa shape index (κ1) is 12.8. The van der Waals surface area contributed by atoms with E-state index >= 15 is 0 Å². The predicted octanol–water partition coefficient (Wildman–Crippen LogP) is 3.03. The van der Waals surface area contributed by atoms with Gasteiger partial charge in [0, 0.05) is 23.4 Å². The number of hydrogen-bond acceptors (Lipinski definition) is 2. The van der Waals surface area contributed by atoms with Crippen molar-refractivity contribution in [3.8, 4) is 17.6 Å². The monoisotopic (exact) mass is 237 g/mol. The summed E-state index contributed by atoms with van der Waals surface area (Å²) >= 11 is 0. The Morgan fingerprint density at radius 3 is 2.88 bits per heavy atom. The molecule has 0 bridgehead atoms. The van der Waals surface area contributed by atoms with Gasteiger partial charge in [-0.25, -0.2) is 4.39 Å². The quantitative estimate of drug-likeness (QED) is 0.262. The summed E-state index contributed by atoms with van der Waals surface area (Å²) in [5.41, 5.74) is 8.33. The number of azide groups is 1. The topological polar surface area (TPSA) is 58.0 Å². The van der Waals surface area contributed by atoms with Gasteiger partial charge in [-0.3, -0.25) is 0 Å². The molecule has 88 valence electrons. The Kier molecular flexibility index (Phi) is 4.79. The fraction of sp³-hybridized carbons (Fsp3) is 0.273. The summed E-state index contributed by atoms with van der Waals surface area (Å²) in [6.45, 7) is 0.240. The van der Waals surface area contributed by atoms with Gasteiger partial charge in [-0.05, 0) is 17.7 Å². The van der Waals surface area contributed by atoms with Crippen LogP contribution >= 0.6 is 0 Å². The summed E-state index contributed by atoms with van der Waals surface area (Å²) in [5.74, 6) is 3.07. The fourth-order valence-corrected chi connectivity index (χ4v) is 1.10. The number of nitrogens with zero attached hydrogens (tertiary/aromatic N) is 3. The second-order valence-corrected chi connectivity index (χ2v) is 2.98. The highest BCUT2D eigenvalue weighted by Gasteiger charge is 2.09. The first-order valence-electron chi connectivity index (χ1n) is 4.71. The number of hydrogen-bond donors (Lipinski definition) is 0. The lowest BCUT2D eigenvalue weighted by Gasteiger charge is -2.02. The average Bonchev–Trinajstić information content (AvgIpc) is 2.33. The third kappa shape index (κ3) is 3.67. The van der Waals surface area contributed by atoms with E-state index in [1.165, 1.54) is 13.2 Å². The molecule has 0 aliphatic heterocycles. The second kappa shape index (κ2) is 6.36. The Bertz CT molecular complexity index is 513. The van der Waals surface area contributed by atoms with Gasteiger partial charge in [0.15, 0.2) is 11.6 Å². The maximum absolute atomic E-state index is 13.1. The molecule has 0 saturated carbocycles. The van der Waals surface area contributed by atoms with E-state index < -0.39 is 11.6 Å². The van der Waals surface area contributed by atoms with Crippen molar-refractivity contribution in [1.82, 2.24) is 0 Å². The van der Waals surface area contributed by atoms with Crippen molar-refractivity contribution in [2.45, 2.75) is 6.42 Å². The minimum atomic E-state index is -1.04. The molecule has 4 nitrogen and oxygen atoms in total. The molecule has 0 saturated heterocycles. The first-order chi connectivity index (χ1) is 8.19. The first-order valence-corrected chi connectivity index (χ1v) is 4.71. The summed E-state index contributed by atoms with van der Waals surface area (Å²) in [4.78, 5) is 2.56. The van der Waals surface area contributed by atoms with E-state index in [-0.39, 0.29) is 12.3 Å². The lowest BCUT2D eigenvalue weighted by atomic mass is 10.2. The summed E-state index contributed by atoms with van der Waals surface area (Å²) in [6.07, 6.45) is 0.353. The van der Waals surface area contributed by atoms with E-state index in [1.54, 1.807) is 0 Å². The summed E-state index contributed by atoms with van der Waals surface area (Å²) < 4.78 is 30.8. The van der Waals surface area contributed by atoms with Crippen LogP contribution in [0.3, 0.4) is 0 Å². The van der Waals surface area contributed by atoms with Gasteiger partial charge in [0.05, 0.1) is 7.11 Å². The number of halogens is 2. The van der Waals surface area contributed by atoms with E-state index in [2.05, 4.69) is 26.6 Å². The molecule has 1 aromatic rings. The highest BCUT2D eigenvalue weighted by atomic mass is 19.2. The van der Waals surface area contributed by atoms with Gasteiger partial charge in [-0.1, -0.05) is 17.0 Å². The Morgan fingerprint density at radius 1 is 1.47 bits per heavy atom. The molecule has 17 heavy (non-hydrogen) atoms. The largest absolute Gasteiger partial charge is 0.494 e. The Labute approximate surface area is 96.8 Å². The van der Waals surface area contributed by atoms with E-state index in [0.717, 1.165) is 6.07 Å². The molecule has 0 fully saturated rings. The standard InChI is InChI=1S/C11H9F2N3O/c1-17-10-7-8(6-9(12)11(10)13)4-2-3-5-15-16-14/h6-7H,3,5H2,1H3. The lowest BCUT2D eigenvalue weighted by Crippen LogP contribution is -1.93. The summed E-state index contributed by atoms with van der Waals surface area (Å²) in [6, 6.07) is 2.29. The molecule has 6 heteroatoms. The van der Waals surface area contributed by atoms with E-state index in [4.69, 9.17) is 5.53 Å². The summed E-state index contributed by atoms with van der Waals surface area (Å²) in [7, 11) is 1.25. The average molecular weight is 237 g/mol. The molecular weight excluding hydrogens is 228 g/mol. The highest BCUT2D eigenvalue weighted by Crippen LogP contribution is 2.21. The molecule has 0 amide bonds. The number of rotatable bonds is 3. The molecule has 0 unspecified atom stereocenters. The van der Waals surface area contributed by atoms with Gasteiger partial charge in [-0.15, -0.1) is 0 Å². The molecule has 0 N–H and O–H groups in total. The summed E-state index contributed by atoms with van der Waals surface area (Å²) in [5, 5.41) is 3.29. The van der Waals surface area contributed by atoms with Crippen molar-refractivity contribution in [3.63, 3.8) is 0 Å². The van der Waals surface area contributed by atoms with Crippen LogP contribution in [0.25, 0.3) is 10.4 Å². The van der Waals surface area contributed by atoms with Gasteiger partial charge in [0.1, 0.15) is 0 Å². The number of benzene rings is 1. The molecular formula is C11H9F2N3O. The third-order valence-electron chi connectivity index (χ3n) is 1.85.